The highest BCUT2D eigenvalue weighted by molar-refractivity contribution is 6.04. The largest absolute Gasteiger partial charge is 0.255 e. The van der Waals surface area contributed by atoms with Crippen molar-refractivity contribution in [1.82, 2.24) is 24.9 Å². The summed E-state index contributed by atoms with van der Waals surface area (Å²) >= 11 is 0. The van der Waals surface area contributed by atoms with Crippen molar-refractivity contribution in [2.24, 2.45) is 0 Å². The molecule has 0 atom stereocenters. The van der Waals surface area contributed by atoms with Gasteiger partial charge in [-0.05, 0) is 59.7 Å². The minimum Gasteiger partial charge on any atom is -0.255 e. The van der Waals surface area contributed by atoms with Crippen LogP contribution in [-0.4, -0.2) is 24.9 Å². The predicted octanol–water partition coefficient (Wildman–Crippen LogP) is 11.6. The van der Waals surface area contributed by atoms with Crippen LogP contribution in [0.5, 0.6) is 0 Å². The van der Waals surface area contributed by atoms with E-state index in [9.17, 15) is 0 Å². The topological polar surface area (TPSA) is 64.5 Å². The summed E-state index contributed by atoms with van der Waals surface area (Å²) in [6.07, 6.45) is 1.80. The van der Waals surface area contributed by atoms with Crippen molar-refractivity contribution in [2.45, 2.75) is 0 Å². The fourth-order valence-electron chi connectivity index (χ4n) is 6.92. The summed E-state index contributed by atoms with van der Waals surface area (Å²) in [6.45, 7) is 0. The zero-order valence-corrected chi connectivity index (χ0v) is 28.0. The van der Waals surface area contributed by atoms with Gasteiger partial charge in [0.1, 0.15) is 0 Å². The second-order valence-electron chi connectivity index (χ2n) is 13.0. The lowest BCUT2D eigenvalue weighted by Gasteiger charge is -2.09. The van der Waals surface area contributed by atoms with Gasteiger partial charge in [-0.3, -0.25) is 4.98 Å². The second-order valence-corrected chi connectivity index (χ2v) is 13.0. The summed E-state index contributed by atoms with van der Waals surface area (Å²) in [7, 11) is 0. The third-order valence-electron chi connectivity index (χ3n) is 9.71. The van der Waals surface area contributed by atoms with Crippen molar-refractivity contribution in [3.8, 4) is 56.3 Å². The average Bonchev–Trinajstić information content (AvgIpc) is 3.23. The SMILES string of the molecule is c1ccc(-c2ccc3ccc4ccc(-c5ccc(-c6ccc7ccc(-c8ccc9ccc(-c%10ccccn%10)nc9c8)cc7n6)cc5)nc4c3n2)cc1. The highest BCUT2D eigenvalue weighted by atomic mass is 14.8. The summed E-state index contributed by atoms with van der Waals surface area (Å²) in [5, 5.41) is 4.33. The van der Waals surface area contributed by atoms with E-state index in [4.69, 9.17) is 19.9 Å². The number of rotatable bonds is 5. The predicted molar refractivity (Wildman–Crippen MR) is 213 cm³/mol. The molecule has 0 radical (unpaired) electrons. The van der Waals surface area contributed by atoms with Crippen LogP contribution in [0.25, 0.3) is 99.9 Å². The van der Waals surface area contributed by atoms with E-state index in [0.717, 1.165) is 99.9 Å². The lowest BCUT2D eigenvalue weighted by atomic mass is 10.0. The van der Waals surface area contributed by atoms with E-state index >= 15 is 0 Å². The van der Waals surface area contributed by atoms with E-state index in [1.165, 1.54) is 0 Å². The lowest BCUT2D eigenvalue weighted by Crippen LogP contribution is -1.91. The molecule has 0 spiro atoms. The van der Waals surface area contributed by atoms with Gasteiger partial charge in [-0.15, -0.1) is 0 Å². The zero-order chi connectivity index (χ0) is 34.4. The molecule has 5 heteroatoms. The van der Waals surface area contributed by atoms with Gasteiger partial charge in [-0.2, -0.15) is 0 Å². The van der Waals surface area contributed by atoms with Crippen LogP contribution in [0.3, 0.4) is 0 Å². The Morgan fingerprint density at radius 3 is 1.25 bits per heavy atom. The van der Waals surface area contributed by atoms with Crippen molar-refractivity contribution in [3.63, 3.8) is 0 Å². The Labute approximate surface area is 300 Å². The van der Waals surface area contributed by atoms with Crippen molar-refractivity contribution >= 4 is 43.6 Å². The van der Waals surface area contributed by atoms with E-state index in [-0.39, 0.29) is 0 Å². The number of nitrogens with zero attached hydrogens (tertiary/aromatic N) is 5. The molecule has 0 aliphatic heterocycles. The Hall–Kier alpha value is -7.11. The summed E-state index contributed by atoms with van der Waals surface area (Å²) < 4.78 is 0. The Kier molecular flexibility index (Phi) is 7.07. The first-order valence-corrected chi connectivity index (χ1v) is 17.3. The highest BCUT2D eigenvalue weighted by Gasteiger charge is 2.11. The molecule has 0 bridgehead atoms. The molecule has 10 rings (SSSR count). The van der Waals surface area contributed by atoms with Crippen LogP contribution in [0.4, 0.5) is 0 Å². The van der Waals surface area contributed by atoms with Crippen molar-refractivity contribution in [1.29, 1.82) is 0 Å². The maximum atomic E-state index is 5.14. The third-order valence-corrected chi connectivity index (χ3v) is 9.71. The van der Waals surface area contributed by atoms with Gasteiger partial charge in [0.05, 0.1) is 50.5 Å². The molecule has 5 aromatic carbocycles. The maximum absolute atomic E-state index is 5.14. The molecule has 0 saturated carbocycles. The van der Waals surface area contributed by atoms with Crippen LogP contribution in [0.1, 0.15) is 0 Å². The first kappa shape index (κ1) is 29.8. The number of hydrogen-bond acceptors (Lipinski definition) is 5. The number of aromatic nitrogens is 5. The van der Waals surface area contributed by atoms with Gasteiger partial charge in [-0.25, -0.2) is 19.9 Å². The first-order chi connectivity index (χ1) is 25.7. The van der Waals surface area contributed by atoms with Gasteiger partial charge >= 0.3 is 0 Å². The van der Waals surface area contributed by atoms with Crippen LogP contribution < -0.4 is 0 Å². The molecule has 0 N–H and O–H groups in total. The van der Waals surface area contributed by atoms with Crippen molar-refractivity contribution < 1.29 is 0 Å². The molecule has 5 aromatic heterocycles. The maximum Gasteiger partial charge on any atom is 0.0972 e. The van der Waals surface area contributed by atoms with Gasteiger partial charge in [0.15, 0.2) is 0 Å². The second kappa shape index (κ2) is 12.3. The van der Waals surface area contributed by atoms with Crippen LogP contribution in [0.2, 0.25) is 0 Å². The van der Waals surface area contributed by atoms with Gasteiger partial charge < -0.3 is 0 Å². The van der Waals surface area contributed by atoms with E-state index in [1.54, 1.807) is 6.20 Å². The van der Waals surface area contributed by atoms with Crippen LogP contribution in [0.15, 0.2) is 176 Å². The molecular formula is C47H29N5. The molecule has 5 heterocycles. The standard InChI is InChI=1S/C47H29N5/c1-2-6-30(7-3-1)40-24-21-35-15-16-36-22-25-41(52-47(36)46(35)51-40)32-11-9-31(10-12-32)39-23-19-33-13-17-37(28-44(33)49-39)38-18-14-34-20-26-43(50-45(34)29-38)42-8-4-5-27-48-42/h1-29H. The fourth-order valence-corrected chi connectivity index (χ4v) is 6.92. The lowest BCUT2D eigenvalue weighted by molar-refractivity contribution is 1.28. The summed E-state index contributed by atoms with van der Waals surface area (Å²) in [6, 6.07) is 58.6. The van der Waals surface area contributed by atoms with E-state index in [0.29, 0.717) is 0 Å². The molecule has 0 unspecified atom stereocenters. The molecule has 0 amide bonds. The summed E-state index contributed by atoms with van der Waals surface area (Å²) in [5.74, 6) is 0. The minimum absolute atomic E-state index is 0.861. The molecule has 0 fully saturated rings. The van der Waals surface area contributed by atoms with Gasteiger partial charge in [-0.1, -0.05) is 121 Å². The van der Waals surface area contributed by atoms with Gasteiger partial charge in [0.2, 0.25) is 0 Å². The van der Waals surface area contributed by atoms with Crippen LogP contribution >= 0.6 is 0 Å². The molecule has 0 aliphatic carbocycles. The van der Waals surface area contributed by atoms with Crippen LogP contribution in [-0.2, 0) is 0 Å². The van der Waals surface area contributed by atoms with Crippen LogP contribution in [0, 0.1) is 0 Å². The number of hydrogen-bond donors (Lipinski definition) is 0. The smallest absolute Gasteiger partial charge is 0.0972 e. The Morgan fingerprint density at radius 2 is 0.692 bits per heavy atom. The van der Waals surface area contributed by atoms with Crippen molar-refractivity contribution in [2.75, 3.05) is 0 Å². The molecule has 0 saturated heterocycles. The minimum atomic E-state index is 0.861. The van der Waals surface area contributed by atoms with E-state index in [2.05, 4.69) is 132 Å². The Morgan fingerprint density at radius 1 is 0.269 bits per heavy atom. The third kappa shape index (κ3) is 5.42. The summed E-state index contributed by atoms with van der Waals surface area (Å²) in [4.78, 5) is 24.7. The highest BCUT2D eigenvalue weighted by Crippen LogP contribution is 2.32. The first-order valence-electron chi connectivity index (χ1n) is 17.3. The quantitative estimate of drug-likeness (QED) is 0.171. The van der Waals surface area contributed by atoms with Crippen molar-refractivity contribution in [3.05, 3.63) is 176 Å². The Balaban J connectivity index is 0.965. The molecule has 52 heavy (non-hydrogen) atoms. The molecule has 10 aromatic rings. The van der Waals surface area contributed by atoms with E-state index < -0.39 is 0 Å². The molecular weight excluding hydrogens is 635 g/mol. The summed E-state index contributed by atoms with van der Waals surface area (Å²) in [5.41, 5.74) is 13.6. The zero-order valence-electron chi connectivity index (χ0n) is 28.0. The van der Waals surface area contributed by atoms with E-state index in [1.807, 2.05) is 42.5 Å². The number of fused-ring (bicyclic) bond motifs is 5. The van der Waals surface area contributed by atoms with Gasteiger partial charge in [0.25, 0.3) is 0 Å². The van der Waals surface area contributed by atoms with Gasteiger partial charge in [0, 0.05) is 44.4 Å². The molecule has 0 aliphatic rings. The Bertz CT molecular complexity index is 2940. The molecule has 5 nitrogen and oxygen atoms in total. The number of benzene rings is 5. The monoisotopic (exact) mass is 663 g/mol. The fraction of sp³-hybridized carbons (Fsp3) is 0. The average molecular weight is 664 g/mol. The molecule has 242 valence electrons. The number of pyridine rings is 5. The normalized spacial score (nSPS) is 11.5.